The van der Waals surface area contributed by atoms with E-state index in [2.05, 4.69) is 37.2 Å². The highest BCUT2D eigenvalue weighted by Gasteiger charge is 2.19. The lowest BCUT2D eigenvalue weighted by Gasteiger charge is -2.28. The first-order valence-electron chi connectivity index (χ1n) is 11.3. The number of hydrogen-bond acceptors (Lipinski definition) is 6. The largest absolute Gasteiger partial charge is 0.486 e. The number of rotatable bonds is 5. The highest BCUT2D eigenvalue weighted by atomic mass is 35.5. The van der Waals surface area contributed by atoms with Crippen LogP contribution in [0.2, 0.25) is 10.0 Å². The van der Waals surface area contributed by atoms with E-state index >= 15 is 0 Å². The van der Waals surface area contributed by atoms with Gasteiger partial charge in [0.25, 0.3) is 0 Å². The molecule has 0 saturated carbocycles. The Labute approximate surface area is 211 Å². The van der Waals surface area contributed by atoms with E-state index in [1.807, 2.05) is 31.2 Å². The normalized spacial score (nSPS) is 15.1. The van der Waals surface area contributed by atoms with E-state index in [1.54, 1.807) is 12.4 Å². The van der Waals surface area contributed by atoms with Crippen LogP contribution in [0.5, 0.6) is 5.75 Å². The molecule has 1 aliphatic heterocycles. The zero-order valence-electron chi connectivity index (χ0n) is 18.9. The Morgan fingerprint density at radius 3 is 2.63 bits per heavy atom. The first-order valence-corrected chi connectivity index (χ1v) is 12.1. The van der Waals surface area contributed by atoms with Crippen LogP contribution in [-0.4, -0.2) is 51.5 Å². The van der Waals surface area contributed by atoms with Gasteiger partial charge in [-0.3, -0.25) is 10.1 Å². The van der Waals surface area contributed by atoms with E-state index in [-0.39, 0.29) is 6.10 Å². The Kier molecular flexibility index (Phi) is 5.72. The summed E-state index contributed by atoms with van der Waals surface area (Å²) in [5.41, 5.74) is 5.31. The van der Waals surface area contributed by atoms with Crippen LogP contribution < -0.4 is 9.64 Å². The Morgan fingerprint density at radius 1 is 1.03 bits per heavy atom. The van der Waals surface area contributed by atoms with Gasteiger partial charge in [-0.1, -0.05) is 23.2 Å². The molecule has 1 atom stereocenters. The van der Waals surface area contributed by atoms with Crippen LogP contribution in [0.15, 0.2) is 48.8 Å². The van der Waals surface area contributed by atoms with Crippen molar-refractivity contribution in [2.24, 2.45) is 0 Å². The Hall–Kier alpha value is -3.33. The molecule has 1 saturated heterocycles. The highest BCUT2D eigenvalue weighted by Crippen LogP contribution is 2.35. The molecule has 10 heteroatoms. The number of ether oxygens (including phenoxy) is 2. The maximum absolute atomic E-state index is 6.31. The molecule has 0 aliphatic carbocycles. The molecule has 0 bridgehead atoms. The first-order chi connectivity index (χ1) is 17.1. The Balaban J connectivity index is 1.32. The van der Waals surface area contributed by atoms with Crippen molar-refractivity contribution in [3.8, 4) is 17.3 Å². The average molecular weight is 509 g/mol. The van der Waals surface area contributed by atoms with Gasteiger partial charge < -0.3 is 19.4 Å². The van der Waals surface area contributed by atoms with E-state index in [9.17, 15) is 0 Å². The number of halogens is 2. The van der Waals surface area contributed by atoms with E-state index in [4.69, 9.17) is 37.7 Å². The summed E-state index contributed by atoms with van der Waals surface area (Å²) in [6, 6.07) is 12.0. The van der Waals surface area contributed by atoms with Crippen molar-refractivity contribution in [2.75, 3.05) is 31.2 Å². The lowest BCUT2D eigenvalue weighted by Crippen LogP contribution is -2.36. The second-order valence-electron chi connectivity index (χ2n) is 8.44. The molecule has 5 aromatic rings. The van der Waals surface area contributed by atoms with E-state index in [1.165, 1.54) is 0 Å². The maximum Gasteiger partial charge on any atom is 0.159 e. The molecule has 8 nitrogen and oxygen atoms in total. The van der Waals surface area contributed by atoms with E-state index in [0.29, 0.717) is 27.2 Å². The summed E-state index contributed by atoms with van der Waals surface area (Å²) in [6.07, 6.45) is 2.76. The summed E-state index contributed by atoms with van der Waals surface area (Å²) >= 11 is 12.6. The number of H-pyrrole nitrogens is 2. The zero-order valence-corrected chi connectivity index (χ0v) is 20.4. The van der Waals surface area contributed by atoms with Gasteiger partial charge in [-0.2, -0.15) is 5.10 Å². The van der Waals surface area contributed by atoms with Gasteiger partial charge in [0.05, 0.1) is 39.8 Å². The van der Waals surface area contributed by atoms with Gasteiger partial charge in [-0.15, -0.1) is 0 Å². The fraction of sp³-hybridized carbons (Fsp3) is 0.240. The third kappa shape index (κ3) is 4.18. The number of nitrogens with zero attached hydrogens (tertiary/aromatic N) is 4. The molecule has 0 spiro atoms. The van der Waals surface area contributed by atoms with Gasteiger partial charge in [-0.25, -0.2) is 4.98 Å². The van der Waals surface area contributed by atoms with Crippen LogP contribution in [0.25, 0.3) is 33.5 Å². The molecule has 1 fully saturated rings. The third-order valence-electron chi connectivity index (χ3n) is 6.21. The van der Waals surface area contributed by atoms with Crippen LogP contribution in [0.1, 0.15) is 18.6 Å². The van der Waals surface area contributed by atoms with Gasteiger partial charge >= 0.3 is 0 Å². The number of fused-ring (bicyclic) bond motifs is 2. The lowest BCUT2D eigenvalue weighted by molar-refractivity contribution is 0.122. The van der Waals surface area contributed by atoms with Crippen LogP contribution in [0.3, 0.4) is 0 Å². The van der Waals surface area contributed by atoms with Crippen molar-refractivity contribution in [2.45, 2.75) is 13.0 Å². The van der Waals surface area contributed by atoms with Gasteiger partial charge in [0, 0.05) is 42.1 Å². The van der Waals surface area contributed by atoms with Gasteiger partial charge in [0.15, 0.2) is 5.82 Å². The van der Waals surface area contributed by atoms with Gasteiger partial charge in [-0.05, 0) is 43.3 Å². The zero-order chi connectivity index (χ0) is 23.9. The number of anilines is 1. The third-order valence-corrected chi connectivity index (χ3v) is 6.81. The van der Waals surface area contributed by atoms with E-state index in [0.717, 1.165) is 59.6 Å². The number of pyridine rings is 1. The summed E-state index contributed by atoms with van der Waals surface area (Å²) in [4.78, 5) is 14.6. The summed E-state index contributed by atoms with van der Waals surface area (Å²) in [5, 5.41) is 9.44. The number of aromatic amines is 2. The predicted octanol–water partition coefficient (Wildman–Crippen LogP) is 5.78. The van der Waals surface area contributed by atoms with Crippen molar-refractivity contribution < 1.29 is 9.47 Å². The Morgan fingerprint density at radius 2 is 1.83 bits per heavy atom. The Bertz CT molecular complexity index is 1510. The molecule has 4 heterocycles. The molecule has 6 rings (SSSR count). The summed E-state index contributed by atoms with van der Waals surface area (Å²) in [7, 11) is 0. The van der Waals surface area contributed by atoms with Crippen molar-refractivity contribution in [1.29, 1.82) is 0 Å². The number of aromatic nitrogens is 5. The lowest BCUT2D eigenvalue weighted by atomic mass is 10.1. The molecule has 0 radical (unpaired) electrons. The molecule has 1 aliphatic rings. The number of nitrogens with one attached hydrogen (secondary N) is 2. The number of hydrogen-bond donors (Lipinski definition) is 2. The number of benzene rings is 2. The second-order valence-corrected chi connectivity index (χ2v) is 9.26. The molecule has 2 aromatic carbocycles. The number of imidazole rings is 1. The minimum Gasteiger partial charge on any atom is -0.486 e. The summed E-state index contributed by atoms with van der Waals surface area (Å²) in [5.74, 6) is 1.36. The van der Waals surface area contributed by atoms with Crippen molar-refractivity contribution >= 4 is 50.8 Å². The summed E-state index contributed by atoms with van der Waals surface area (Å²) in [6.45, 7) is 5.16. The molecule has 178 valence electrons. The summed E-state index contributed by atoms with van der Waals surface area (Å²) < 4.78 is 11.7. The second kappa shape index (κ2) is 9.03. The smallest absolute Gasteiger partial charge is 0.159 e. The monoisotopic (exact) mass is 508 g/mol. The first kappa shape index (κ1) is 22.2. The average Bonchev–Trinajstić information content (AvgIpc) is 3.47. The van der Waals surface area contributed by atoms with E-state index < -0.39 is 0 Å². The van der Waals surface area contributed by atoms with Crippen LogP contribution in [0, 0.1) is 0 Å². The van der Waals surface area contributed by atoms with Crippen LogP contribution >= 0.6 is 23.2 Å². The molecule has 1 unspecified atom stereocenters. The fourth-order valence-electron chi connectivity index (χ4n) is 4.45. The molecule has 35 heavy (non-hydrogen) atoms. The molecule has 0 amide bonds. The van der Waals surface area contributed by atoms with Crippen molar-refractivity contribution in [3.05, 3.63) is 64.4 Å². The quantitative estimate of drug-likeness (QED) is 0.312. The fourth-order valence-corrected chi connectivity index (χ4v) is 5.12. The molecular weight excluding hydrogens is 487 g/mol. The topological polar surface area (TPSA) is 92.0 Å². The standard InChI is InChI=1S/C25H22Cl2N6O2/c1-14(23-18(26)12-28-13-19(23)27)35-16-3-5-20-17(11-16)24(32-31-20)25-29-21-4-2-15(10-22(21)30-25)33-6-8-34-9-7-33/h2-5,10-14H,6-9H2,1H3,(H,29,30)(H,31,32). The maximum atomic E-state index is 6.31. The number of morpholine rings is 1. The van der Waals surface area contributed by atoms with Gasteiger partial charge in [0.1, 0.15) is 17.5 Å². The van der Waals surface area contributed by atoms with Crippen molar-refractivity contribution in [3.63, 3.8) is 0 Å². The van der Waals surface area contributed by atoms with Crippen LogP contribution in [-0.2, 0) is 4.74 Å². The molecule has 3 aromatic heterocycles. The highest BCUT2D eigenvalue weighted by molar-refractivity contribution is 6.35. The van der Waals surface area contributed by atoms with Crippen molar-refractivity contribution in [1.82, 2.24) is 25.1 Å². The minimum absolute atomic E-state index is 0.365. The SMILES string of the molecule is CC(Oc1ccc2[nH]nc(-c3nc4ccc(N5CCOCC5)cc4[nH]3)c2c1)c1c(Cl)cncc1Cl. The minimum atomic E-state index is -0.365. The molecule has 2 N–H and O–H groups in total. The van der Waals surface area contributed by atoms with Crippen LogP contribution in [0.4, 0.5) is 5.69 Å². The predicted molar refractivity (Wildman–Crippen MR) is 138 cm³/mol. The van der Waals surface area contributed by atoms with Gasteiger partial charge in [0.2, 0.25) is 0 Å². The molecular formula is C25H22Cl2N6O2.